The Hall–Kier alpha value is -1.79. The quantitative estimate of drug-likeness (QED) is 0.599. The van der Waals surface area contributed by atoms with Crippen LogP contribution in [0, 0.1) is 0 Å². The molecule has 1 unspecified atom stereocenters. The lowest BCUT2D eigenvalue weighted by Gasteiger charge is -2.30. The van der Waals surface area contributed by atoms with Crippen molar-refractivity contribution in [3.05, 3.63) is 74.4 Å². The standard InChI is InChI=1S/C18H14Cl3N3OS/c1-9-15(17(25)23-14-7-6-12(20)8-13(14)21)16(24-18(26)22-9)10-2-4-11(19)5-3-10/h2-8,16H,1H3,(H,23,25)(H2,22,24,26). The molecule has 2 aromatic rings. The summed E-state index contributed by atoms with van der Waals surface area (Å²) in [5.74, 6) is -0.297. The van der Waals surface area contributed by atoms with Gasteiger partial charge in [-0.25, -0.2) is 0 Å². The molecule has 0 saturated carbocycles. The van der Waals surface area contributed by atoms with E-state index in [1.807, 2.05) is 12.1 Å². The van der Waals surface area contributed by atoms with E-state index < -0.39 is 6.04 Å². The Morgan fingerprint density at radius 1 is 1.08 bits per heavy atom. The van der Waals surface area contributed by atoms with Crippen molar-refractivity contribution in [1.29, 1.82) is 0 Å². The van der Waals surface area contributed by atoms with Crippen molar-refractivity contribution in [3.63, 3.8) is 0 Å². The number of amides is 1. The van der Waals surface area contributed by atoms with Gasteiger partial charge in [0.15, 0.2) is 5.11 Å². The van der Waals surface area contributed by atoms with E-state index in [1.165, 1.54) is 0 Å². The Morgan fingerprint density at radius 2 is 1.73 bits per heavy atom. The number of rotatable bonds is 3. The molecule has 0 aliphatic carbocycles. The lowest BCUT2D eigenvalue weighted by Crippen LogP contribution is -2.45. The summed E-state index contributed by atoms with van der Waals surface area (Å²) >= 11 is 23.3. The first-order valence-corrected chi connectivity index (χ1v) is 9.19. The van der Waals surface area contributed by atoms with E-state index in [0.717, 1.165) is 5.56 Å². The van der Waals surface area contributed by atoms with Crippen LogP contribution in [0.2, 0.25) is 15.1 Å². The predicted octanol–water partition coefficient (Wildman–Crippen LogP) is 5.08. The molecule has 0 bridgehead atoms. The van der Waals surface area contributed by atoms with Crippen molar-refractivity contribution in [3.8, 4) is 0 Å². The highest BCUT2D eigenvalue weighted by Crippen LogP contribution is 2.30. The van der Waals surface area contributed by atoms with E-state index in [9.17, 15) is 4.79 Å². The number of benzene rings is 2. The fourth-order valence-electron chi connectivity index (χ4n) is 2.68. The van der Waals surface area contributed by atoms with Gasteiger partial charge in [0.05, 0.1) is 22.3 Å². The molecule has 3 rings (SSSR count). The van der Waals surface area contributed by atoms with Crippen molar-refractivity contribution < 1.29 is 4.79 Å². The van der Waals surface area contributed by atoms with Crippen LogP contribution < -0.4 is 16.0 Å². The van der Waals surface area contributed by atoms with E-state index in [4.69, 9.17) is 47.0 Å². The number of thiocarbonyl (C=S) groups is 1. The third-order valence-electron chi connectivity index (χ3n) is 3.90. The Morgan fingerprint density at radius 3 is 2.38 bits per heavy atom. The Labute approximate surface area is 171 Å². The van der Waals surface area contributed by atoms with Gasteiger partial charge in [-0.05, 0) is 55.0 Å². The maximum absolute atomic E-state index is 13.0. The second-order valence-electron chi connectivity index (χ2n) is 5.70. The van der Waals surface area contributed by atoms with Gasteiger partial charge in [0.25, 0.3) is 5.91 Å². The summed E-state index contributed by atoms with van der Waals surface area (Å²) in [5, 5.41) is 10.9. The summed E-state index contributed by atoms with van der Waals surface area (Å²) in [6.07, 6.45) is 0. The summed E-state index contributed by atoms with van der Waals surface area (Å²) in [7, 11) is 0. The molecular weight excluding hydrogens is 413 g/mol. The fourth-order valence-corrected chi connectivity index (χ4v) is 3.53. The van der Waals surface area contributed by atoms with Crippen molar-refractivity contribution in [2.75, 3.05) is 5.32 Å². The summed E-state index contributed by atoms with van der Waals surface area (Å²) in [6, 6.07) is 11.7. The Kier molecular flexibility index (Phi) is 5.73. The Balaban J connectivity index is 1.95. The van der Waals surface area contributed by atoms with Crippen LogP contribution in [0.5, 0.6) is 0 Å². The lowest BCUT2D eigenvalue weighted by molar-refractivity contribution is -0.113. The zero-order valence-electron chi connectivity index (χ0n) is 13.6. The summed E-state index contributed by atoms with van der Waals surface area (Å²) in [6.45, 7) is 1.80. The molecular formula is C18H14Cl3N3OS. The molecule has 4 nitrogen and oxygen atoms in total. The van der Waals surface area contributed by atoms with E-state index in [-0.39, 0.29) is 5.91 Å². The molecule has 1 heterocycles. The molecule has 3 N–H and O–H groups in total. The first kappa shape index (κ1) is 19.0. The van der Waals surface area contributed by atoms with Gasteiger partial charge in [-0.15, -0.1) is 0 Å². The van der Waals surface area contributed by atoms with Crippen LogP contribution in [-0.2, 0) is 4.79 Å². The molecule has 1 atom stereocenters. The summed E-state index contributed by atoms with van der Waals surface area (Å²) < 4.78 is 0. The molecule has 0 radical (unpaired) electrons. The zero-order valence-corrected chi connectivity index (χ0v) is 16.7. The average Bonchev–Trinajstić information content (AvgIpc) is 2.57. The van der Waals surface area contributed by atoms with Crippen LogP contribution in [-0.4, -0.2) is 11.0 Å². The maximum Gasteiger partial charge on any atom is 0.255 e. The number of carbonyl (C=O) groups is 1. The molecule has 0 fully saturated rings. The summed E-state index contributed by atoms with van der Waals surface area (Å²) in [5.41, 5.74) is 2.51. The van der Waals surface area contributed by atoms with Gasteiger partial charge >= 0.3 is 0 Å². The number of allylic oxidation sites excluding steroid dienone is 1. The predicted molar refractivity (Wildman–Crippen MR) is 111 cm³/mol. The number of nitrogens with one attached hydrogen (secondary N) is 3. The third kappa shape index (κ3) is 4.13. The number of hydrogen-bond acceptors (Lipinski definition) is 2. The van der Waals surface area contributed by atoms with Crippen molar-refractivity contribution in [1.82, 2.24) is 10.6 Å². The molecule has 26 heavy (non-hydrogen) atoms. The van der Waals surface area contributed by atoms with Gasteiger partial charge in [-0.3, -0.25) is 4.79 Å². The molecule has 0 spiro atoms. The van der Waals surface area contributed by atoms with E-state index >= 15 is 0 Å². The highest BCUT2D eigenvalue weighted by molar-refractivity contribution is 7.80. The molecule has 1 amide bonds. The fraction of sp³-hybridized carbons (Fsp3) is 0.111. The zero-order chi connectivity index (χ0) is 18.8. The van der Waals surface area contributed by atoms with Crippen LogP contribution in [0.15, 0.2) is 53.7 Å². The topological polar surface area (TPSA) is 53.2 Å². The average molecular weight is 427 g/mol. The van der Waals surface area contributed by atoms with E-state index in [0.29, 0.717) is 37.1 Å². The van der Waals surface area contributed by atoms with Gasteiger partial charge in [-0.2, -0.15) is 0 Å². The van der Waals surface area contributed by atoms with Gasteiger partial charge < -0.3 is 16.0 Å². The highest BCUT2D eigenvalue weighted by Gasteiger charge is 2.30. The van der Waals surface area contributed by atoms with Gasteiger partial charge in [0, 0.05) is 15.7 Å². The van der Waals surface area contributed by atoms with Crippen molar-refractivity contribution >= 4 is 63.7 Å². The lowest BCUT2D eigenvalue weighted by atomic mass is 9.95. The summed E-state index contributed by atoms with van der Waals surface area (Å²) in [4.78, 5) is 13.0. The normalized spacial score (nSPS) is 16.8. The minimum Gasteiger partial charge on any atom is -0.351 e. The largest absolute Gasteiger partial charge is 0.351 e. The SMILES string of the molecule is CC1=C(C(=O)Nc2ccc(Cl)cc2Cl)C(c2ccc(Cl)cc2)NC(=S)N1. The van der Waals surface area contributed by atoms with Gasteiger partial charge in [0.1, 0.15) is 0 Å². The maximum atomic E-state index is 13.0. The molecule has 2 aromatic carbocycles. The number of anilines is 1. The van der Waals surface area contributed by atoms with Crippen LogP contribution in [0.1, 0.15) is 18.5 Å². The minimum atomic E-state index is -0.410. The van der Waals surface area contributed by atoms with Crippen LogP contribution in [0.3, 0.4) is 0 Å². The molecule has 0 saturated heterocycles. The van der Waals surface area contributed by atoms with E-state index in [1.54, 1.807) is 37.3 Å². The van der Waals surface area contributed by atoms with Gasteiger partial charge in [0.2, 0.25) is 0 Å². The van der Waals surface area contributed by atoms with Gasteiger partial charge in [-0.1, -0.05) is 46.9 Å². The molecule has 134 valence electrons. The second kappa shape index (κ2) is 7.84. The van der Waals surface area contributed by atoms with Crippen molar-refractivity contribution in [2.24, 2.45) is 0 Å². The first-order valence-electron chi connectivity index (χ1n) is 7.65. The minimum absolute atomic E-state index is 0.297. The number of halogens is 3. The number of hydrogen-bond donors (Lipinski definition) is 3. The van der Waals surface area contributed by atoms with Crippen molar-refractivity contribution in [2.45, 2.75) is 13.0 Å². The molecule has 1 aliphatic heterocycles. The van der Waals surface area contributed by atoms with Crippen LogP contribution in [0.25, 0.3) is 0 Å². The monoisotopic (exact) mass is 425 g/mol. The van der Waals surface area contributed by atoms with Crippen LogP contribution in [0.4, 0.5) is 5.69 Å². The molecule has 1 aliphatic rings. The van der Waals surface area contributed by atoms with E-state index in [2.05, 4.69) is 16.0 Å². The molecule has 0 aromatic heterocycles. The van der Waals surface area contributed by atoms with Crippen LogP contribution >= 0.6 is 47.0 Å². The first-order chi connectivity index (χ1) is 12.3. The Bertz CT molecular complexity index is 912. The third-order valence-corrected chi connectivity index (χ3v) is 4.92. The molecule has 8 heteroatoms. The number of carbonyl (C=O) groups excluding carboxylic acids is 1. The second-order valence-corrected chi connectivity index (χ2v) is 7.39. The highest BCUT2D eigenvalue weighted by atomic mass is 35.5. The smallest absolute Gasteiger partial charge is 0.255 e.